The molecule has 12 heteroatoms. The number of fused-ring (bicyclic) bond motifs is 15. The molecule has 1 spiro atoms. The highest BCUT2D eigenvalue weighted by Gasteiger charge is 2.45. The first-order chi connectivity index (χ1) is 23.6. The second kappa shape index (κ2) is 16.4. The topological polar surface area (TPSA) is 151 Å². The molecule has 260 valence electrons. The normalized spacial score (nSPS) is 22.7. The number of carbonyl (C=O) groups is 4. The zero-order valence-electron chi connectivity index (χ0n) is 28.3. The number of piperidine rings is 1. The molecule has 0 radical (unpaired) electrons. The number of pyridine rings is 1. The molecule has 4 amide bonds. The molecule has 1 fully saturated rings. The van der Waals surface area contributed by atoms with E-state index in [1.807, 2.05) is 62.4 Å². The first-order valence-corrected chi connectivity index (χ1v) is 16.9. The maximum atomic E-state index is 14.0. The van der Waals surface area contributed by atoms with Crippen LogP contribution in [0.25, 0.3) is 0 Å². The first kappa shape index (κ1) is 35.3. The van der Waals surface area contributed by atoms with Crippen molar-refractivity contribution >= 4 is 23.6 Å². The Morgan fingerprint density at radius 2 is 1.53 bits per heavy atom. The molecular formula is C37H46N6O6. The maximum Gasteiger partial charge on any atom is 0.264 e. The van der Waals surface area contributed by atoms with Crippen LogP contribution in [0, 0.1) is 5.92 Å². The van der Waals surface area contributed by atoms with Crippen LogP contribution in [0.1, 0.15) is 44.9 Å². The lowest BCUT2D eigenvalue weighted by atomic mass is 9.89. The number of nitrogens with zero attached hydrogens (tertiary/aromatic N) is 2. The molecule has 3 aliphatic heterocycles. The minimum absolute atomic E-state index is 0.193. The molecule has 3 atom stereocenters. The minimum atomic E-state index is -1.23. The van der Waals surface area contributed by atoms with Crippen LogP contribution in [-0.2, 0) is 32.1 Å². The van der Waals surface area contributed by atoms with Crippen molar-refractivity contribution < 1.29 is 28.7 Å². The second-order valence-corrected chi connectivity index (χ2v) is 13.0. The summed E-state index contributed by atoms with van der Waals surface area (Å²) in [6, 6.07) is 19.4. The largest absolute Gasteiger partial charge is 0.492 e. The summed E-state index contributed by atoms with van der Waals surface area (Å²) in [5.41, 5.74) is 0.576. The summed E-state index contributed by atoms with van der Waals surface area (Å²) in [6.45, 7) is 7.40. The number of amides is 4. The molecular weight excluding hydrogens is 624 g/mol. The smallest absolute Gasteiger partial charge is 0.264 e. The fraction of sp³-hybridized carbons (Fsp3) is 0.432. The molecule has 1 aromatic heterocycles. The summed E-state index contributed by atoms with van der Waals surface area (Å²) in [5.74, 6) is -1.05. The lowest BCUT2D eigenvalue weighted by molar-refractivity contribution is -0.144. The van der Waals surface area contributed by atoms with E-state index in [1.54, 1.807) is 37.4 Å². The van der Waals surface area contributed by atoms with E-state index in [0.717, 1.165) is 11.3 Å². The Balaban J connectivity index is 1.36. The van der Waals surface area contributed by atoms with Gasteiger partial charge in [-0.2, -0.15) is 0 Å². The summed E-state index contributed by atoms with van der Waals surface area (Å²) in [7, 11) is 0. The van der Waals surface area contributed by atoms with Gasteiger partial charge in [0.25, 0.3) is 5.91 Å². The van der Waals surface area contributed by atoms with Gasteiger partial charge in [0.05, 0.1) is 12.2 Å². The van der Waals surface area contributed by atoms with Gasteiger partial charge in [0.1, 0.15) is 36.2 Å². The lowest BCUT2D eigenvalue weighted by Crippen LogP contribution is -2.61. The zero-order valence-corrected chi connectivity index (χ0v) is 28.3. The maximum absolute atomic E-state index is 14.0. The summed E-state index contributed by atoms with van der Waals surface area (Å²) in [6.07, 6.45) is 2.79. The monoisotopic (exact) mass is 670 g/mol. The van der Waals surface area contributed by atoms with Crippen LogP contribution in [0.4, 0.5) is 0 Å². The number of nitrogens with one attached hydrogen (secondary N) is 4. The number of likely N-dealkylation sites (tertiary alicyclic amines) is 1. The Kier molecular flexibility index (Phi) is 11.8. The Labute approximate surface area is 287 Å². The van der Waals surface area contributed by atoms with Gasteiger partial charge in [-0.3, -0.25) is 29.1 Å². The number of hydrogen-bond donors (Lipinski definition) is 4. The number of hydrogen-bond acceptors (Lipinski definition) is 8. The van der Waals surface area contributed by atoms with E-state index in [0.29, 0.717) is 44.0 Å². The van der Waals surface area contributed by atoms with E-state index in [1.165, 1.54) is 0 Å². The van der Waals surface area contributed by atoms with Crippen LogP contribution in [0.5, 0.6) is 11.5 Å². The van der Waals surface area contributed by atoms with Crippen molar-refractivity contribution in [3.63, 3.8) is 0 Å². The number of aromatic nitrogens is 1. The molecule has 2 aromatic carbocycles. The van der Waals surface area contributed by atoms with E-state index >= 15 is 0 Å². The van der Waals surface area contributed by atoms with Gasteiger partial charge in [0, 0.05) is 45.1 Å². The van der Waals surface area contributed by atoms with Crippen LogP contribution in [0.15, 0.2) is 79.0 Å². The van der Waals surface area contributed by atoms with Crippen molar-refractivity contribution in [3.8, 4) is 11.5 Å². The third-order valence-corrected chi connectivity index (χ3v) is 8.90. The highest BCUT2D eigenvalue weighted by atomic mass is 16.5. The van der Waals surface area contributed by atoms with Crippen LogP contribution in [0.2, 0.25) is 0 Å². The van der Waals surface area contributed by atoms with E-state index in [-0.39, 0.29) is 31.4 Å². The van der Waals surface area contributed by atoms with Crippen molar-refractivity contribution in [1.29, 1.82) is 0 Å². The SMILES string of the molecule is CC(C)[C@H]1NC(=O)[C@@H](C)NC(=O)C2(CCN(Cc3ccccn3)CC2)Oc2ccc(cc2)OCCNC(=O)[C@H](Cc2ccccc2)NC1=O. The van der Waals surface area contributed by atoms with Gasteiger partial charge in [-0.15, -0.1) is 0 Å². The van der Waals surface area contributed by atoms with Gasteiger partial charge in [-0.1, -0.05) is 50.2 Å². The van der Waals surface area contributed by atoms with Gasteiger partial charge < -0.3 is 30.7 Å². The fourth-order valence-corrected chi connectivity index (χ4v) is 5.99. The highest BCUT2D eigenvalue weighted by Crippen LogP contribution is 2.31. The van der Waals surface area contributed by atoms with Crippen molar-refractivity contribution in [2.45, 2.75) is 70.3 Å². The molecule has 0 saturated carbocycles. The number of benzene rings is 2. The van der Waals surface area contributed by atoms with E-state index in [4.69, 9.17) is 9.47 Å². The summed E-state index contributed by atoms with van der Waals surface area (Å²) in [4.78, 5) is 61.1. The van der Waals surface area contributed by atoms with Crippen molar-refractivity contribution in [1.82, 2.24) is 31.2 Å². The standard InChI is InChI=1S/C37H46N6O6/c1-25(2)32-35(46)41-31(23-27-9-5-4-6-10-27)34(45)39-19-22-48-29-12-14-30(15-13-29)49-37(36(47)40-26(3)33(44)42-32)16-20-43(21-17-37)24-28-11-7-8-18-38-28/h4-15,18,25-26,31-32H,16-17,19-24H2,1-3H3,(H,39,45)(H,40,47)(H,41,46)(H,42,44)/t26-,31+,32-/m1/s1. The van der Waals surface area contributed by atoms with Crippen molar-refractivity contribution in [3.05, 3.63) is 90.3 Å². The molecule has 12 nitrogen and oxygen atoms in total. The Bertz CT molecular complexity index is 1560. The Morgan fingerprint density at radius 3 is 2.20 bits per heavy atom. The number of ether oxygens (including phenoxy) is 2. The highest BCUT2D eigenvalue weighted by molar-refractivity contribution is 5.95. The minimum Gasteiger partial charge on any atom is -0.492 e. The van der Waals surface area contributed by atoms with Gasteiger partial charge in [0.15, 0.2) is 5.60 Å². The van der Waals surface area contributed by atoms with Crippen molar-refractivity contribution in [2.24, 2.45) is 5.92 Å². The number of rotatable bonds is 5. The summed E-state index contributed by atoms with van der Waals surface area (Å²) >= 11 is 0. The summed E-state index contributed by atoms with van der Waals surface area (Å²) in [5, 5.41) is 11.4. The third kappa shape index (κ3) is 9.56. The molecule has 1 saturated heterocycles. The van der Waals surface area contributed by atoms with Gasteiger partial charge >= 0.3 is 0 Å². The van der Waals surface area contributed by atoms with E-state index < -0.39 is 41.4 Å². The first-order valence-electron chi connectivity index (χ1n) is 16.9. The predicted octanol–water partition coefficient (Wildman–Crippen LogP) is 2.38. The molecule has 4 heterocycles. The van der Waals surface area contributed by atoms with Crippen molar-refractivity contribution in [2.75, 3.05) is 26.2 Å². The molecule has 3 aromatic rings. The average Bonchev–Trinajstić information content (AvgIpc) is 3.10. The quantitative estimate of drug-likeness (QED) is 0.302. The second-order valence-electron chi connectivity index (χ2n) is 13.0. The third-order valence-electron chi connectivity index (χ3n) is 8.90. The van der Waals surface area contributed by atoms with E-state index in [9.17, 15) is 19.2 Å². The number of carbonyl (C=O) groups excluding carboxylic acids is 4. The molecule has 49 heavy (non-hydrogen) atoms. The molecule has 0 aliphatic carbocycles. The zero-order chi connectivity index (χ0) is 34.8. The average molecular weight is 671 g/mol. The molecule has 2 bridgehead atoms. The molecule has 6 rings (SSSR count). The summed E-state index contributed by atoms with van der Waals surface area (Å²) < 4.78 is 12.3. The Morgan fingerprint density at radius 1 is 0.837 bits per heavy atom. The van der Waals surface area contributed by atoms with Gasteiger partial charge in [-0.05, 0) is 54.8 Å². The van der Waals surface area contributed by atoms with Crippen LogP contribution in [0.3, 0.4) is 0 Å². The predicted molar refractivity (Wildman–Crippen MR) is 184 cm³/mol. The Hall–Kier alpha value is -4.97. The van der Waals surface area contributed by atoms with Gasteiger partial charge in [0.2, 0.25) is 17.7 Å². The molecule has 3 aliphatic rings. The molecule has 0 unspecified atom stereocenters. The fourth-order valence-electron chi connectivity index (χ4n) is 5.99. The van der Waals surface area contributed by atoms with Crippen LogP contribution < -0.4 is 30.7 Å². The lowest BCUT2D eigenvalue weighted by Gasteiger charge is -2.41. The molecule has 4 N–H and O–H groups in total. The van der Waals surface area contributed by atoms with Crippen LogP contribution in [-0.4, -0.2) is 83.5 Å². The van der Waals surface area contributed by atoms with E-state index in [2.05, 4.69) is 31.2 Å². The van der Waals surface area contributed by atoms with Gasteiger partial charge in [-0.25, -0.2) is 0 Å². The van der Waals surface area contributed by atoms with Crippen LogP contribution >= 0.6 is 0 Å².